The number of hydrogen-bond donors (Lipinski definition) is 2. The van der Waals surface area contributed by atoms with Crippen LogP contribution in [0.25, 0.3) is 11.3 Å². The first-order valence-electron chi connectivity index (χ1n) is 16.5. The Balaban J connectivity index is 1.17. The van der Waals surface area contributed by atoms with Gasteiger partial charge in [0.2, 0.25) is 21.8 Å². The molecule has 3 aliphatic heterocycles. The highest BCUT2D eigenvalue weighted by atomic mass is 35.5. The summed E-state index contributed by atoms with van der Waals surface area (Å²) in [4.78, 5) is 61.4. The average molecular weight is 698 g/mol. The van der Waals surface area contributed by atoms with Gasteiger partial charge >= 0.3 is 0 Å². The molecule has 4 atom stereocenters. The Bertz CT molecular complexity index is 1750. The van der Waals surface area contributed by atoms with Crippen molar-refractivity contribution in [2.24, 2.45) is 5.92 Å². The summed E-state index contributed by atoms with van der Waals surface area (Å²) in [5.41, 5.74) is 1.34. The molecule has 4 aliphatic rings. The molecule has 6 rings (SSSR count). The number of β-lactam (4-membered cyclic amide) rings is 1. The lowest BCUT2D eigenvalue weighted by atomic mass is 9.96. The van der Waals surface area contributed by atoms with Crippen molar-refractivity contribution in [3.8, 4) is 17.0 Å². The minimum atomic E-state index is -3.79. The molecule has 1 unspecified atom stereocenters. The van der Waals surface area contributed by atoms with Crippen LogP contribution in [0.1, 0.15) is 68.3 Å². The van der Waals surface area contributed by atoms with Crippen molar-refractivity contribution in [1.29, 1.82) is 0 Å². The second-order valence-corrected chi connectivity index (χ2v) is 15.7. The Morgan fingerprint density at radius 1 is 1.10 bits per heavy atom. The predicted octanol–water partition coefficient (Wildman–Crippen LogP) is 3.49. The van der Waals surface area contributed by atoms with Crippen LogP contribution >= 0.6 is 11.6 Å². The largest absolute Gasteiger partial charge is 0.506 e. The second kappa shape index (κ2) is 13.9. The summed E-state index contributed by atoms with van der Waals surface area (Å²) in [6, 6.07) is 7.03. The number of carbonyl (C=O) groups excluding carboxylic acids is 4. The SMILES string of the molecule is CN(C[C@@H]1C[C@H]2C(=O)NC3C(=O)N(S(=O)(=O)C4CC4)[C@H]3/C=C\CCCCCCC(=O)N2C1)C(=O)c1cccc(-c2ccc(O)c(Cl)c2)n1. The van der Waals surface area contributed by atoms with Gasteiger partial charge < -0.3 is 20.2 Å². The molecule has 3 fully saturated rings. The van der Waals surface area contributed by atoms with E-state index >= 15 is 0 Å². The van der Waals surface area contributed by atoms with Gasteiger partial charge in [-0.2, -0.15) is 0 Å². The highest BCUT2D eigenvalue weighted by Gasteiger charge is 2.57. The van der Waals surface area contributed by atoms with E-state index in [0.29, 0.717) is 36.9 Å². The molecular formula is C34H40ClN5O7S. The number of rotatable bonds is 6. The minimum absolute atomic E-state index is 0.0583. The van der Waals surface area contributed by atoms with Crippen LogP contribution in [0.15, 0.2) is 48.6 Å². The zero-order valence-corrected chi connectivity index (χ0v) is 28.3. The molecule has 1 aliphatic carbocycles. The van der Waals surface area contributed by atoms with Crippen molar-refractivity contribution in [3.63, 3.8) is 0 Å². The highest BCUT2D eigenvalue weighted by molar-refractivity contribution is 7.90. The zero-order chi connectivity index (χ0) is 34.2. The monoisotopic (exact) mass is 697 g/mol. The summed E-state index contributed by atoms with van der Waals surface area (Å²) in [5.74, 6) is -1.94. The fourth-order valence-electron chi connectivity index (χ4n) is 6.79. The number of pyridine rings is 1. The molecule has 12 nitrogen and oxygen atoms in total. The summed E-state index contributed by atoms with van der Waals surface area (Å²) in [7, 11) is -2.15. The number of amides is 4. The summed E-state index contributed by atoms with van der Waals surface area (Å²) in [5, 5.41) is 12.2. The van der Waals surface area contributed by atoms with Crippen LogP contribution in [0.4, 0.5) is 0 Å². The second-order valence-electron chi connectivity index (χ2n) is 13.2. The van der Waals surface area contributed by atoms with Crippen molar-refractivity contribution >= 4 is 45.3 Å². The van der Waals surface area contributed by atoms with E-state index in [1.165, 1.54) is 11.0 Å². The summed E-state index contributed by atoms with van der Waals surface area (Å²) >= 11 is 6.07. The molecule has 4 amide bonds. The lowest BCUT2D eigenvalue weighted by molar-refractivity contribution is -0.145. The highest BCUT2D eigenvalue weighted by Crippen LogP contribution is 2.37. The molecule has 2 N–H and O–H groups in total. The van der Waals surface area contributed by atoms with E-state index in [-0.39, 0.29) is 60.1 Å². The number of halogens is 1. The first kappa shape index (κ1) is 33.9. The molecule has 4 heterocycles. The molecule has 0 bridgehead atoms. The Kier molecular flexibility index (Phi) is 9.80. The molecule has 2 saturated heterocycles. The number of aromatic nitrogens is 1. The van der Waals surface area contributed by atoms with Crippen LogP contribution in [0.5, 0.6) is 5.75 Å². The van der Waals surface area contributed by atoms with Crippen LogP contribution < -0.4 is 5.32 Å². The number of phenolic OH excluding ortho intramolecular Hbond substituents is 1. The van der Waals surface area contributed by atoms with Gasteiger partial charge in [-0.3, -0.25) is 19.2 Å². The maximum absolute atomic E-state index is 13.8. The Hall–Kier alpha value is -3.97. The minimum Gasteiger partial charge on any atom is -0.506 e. The first-order valence-corrected chi connectivity index (χ1v) is 18.4. The van der Waals surface area contributed by atoms with E-state index in [1.54, 1.807) is 48.4 Å². The van der Waals surface area contributed by atoms with Crippen molar-refractivity contribution in [2.75, 3.05) is 20.1 Å². The lowest BCUT2D eigenvalue weighted by Crippen LogP contribution is -2.72. The lowest BCUT2D eigenvalue weighted by Gasteiger charge is -2.45. The molecule has 1 saturated carbocycles. The molecule has 14 heteroatoms. The molecule has 0 radical (unpaired) electrons. The number of sulfonamides is 1. The van der Waals surface area contributed by atoms with Gasteiger partial charge in [0.15, 0.2) is 0 Å². The van der Waals surface area contributed by atoms with Crippen LogP contribution in [-0.4, -0.2) is 99.8 Å². The van der Waals surface area contributed by atoms with E-state index in [9.17, 15) is 32.7 Å². The maximum atomic E-state index is 13.8. The van der Waals surface area contributed by atoms with E-state index in [1.807, 2.05) is 6.08 Å². The topological polar surface area (TPSA) is 157 Å². The number of phenols is 1. The smallest absolute Gasteiger partial charge is 0.272 e. The molecule has 0 spiro atoms. The van der Waals surface area contributed by atoms with Crippen molar-refractivity contribution < 1.29 is 32.7 Å². The van der Waals surface area contributed by atoms with Gasteiger partial charge in [-0.25, -0.2) is 17.7 Å². The molecule has 1 aromatic heterocycles. The number of nitrogens with one attached hydrogen (secondary N) is 1. The summed E-state index contributed by atoms with van der Waals surface area (Å²) in [6.45, 7) is 0.516. The van der Waals surface area contributed by atoms with Crippen LogP contribution in [-0.2, 0) is 24.4 Å². The van der Waals surface area contributed by atoms with Crippen molar-refractivity contribution in [3.05, 3.63) is 59.3 Å². The molecular weight excluding hydrogens is 658 g/mol. The normalized spacial score (nSPS) is 26.0. The van der Waals surface area contributed by atoms with Crippen LogP contribution in [0.2, 0.25) is 5.02 Å². The van der Waals surface area contributed by atoms with Crippen LogP contribution in [0, 0.1) is 5.92 Å². The van der Waals surface area contributed by atoms with Gasteiger partial charge in [0, 0.05) is 32.1 Å². The van der Waals surface area contributed by atoms with Gasteiger partial charge in [0.1, 0.15) is 23.5 Å². The Morgan fingerprint density at radius 3 is 2.62 bits per heavy atom. The van der Waals surface area contributed by atoms with E-state index < -0.39 is 45.2 Å². The third kappa shape index (κ3) is 6.93. The summed E-state index contributed by atoms with van der Waals surface area (Å²) in [6.07, 6.45) is 9.21. The van der Waals surface area contributed by atoms with Crippen molar-refractivity contribution in [1.82, 2.24) is 24.4 Å². The third-order valence-electron chi connectivity index (χ3n) is 9.56. The number of allylic oxidation sites excluding steroid dienone is 1. The Morgan fingerprint density at radius 2 is 1.88 bits per heavy atom. The van der Waals surface area contributed by atoms with Crippen LogP contribution in [0.3, 0.4) is 0 Å². The fraction of sp³-hybridized carbons (Fsp3) is 0.500. The van der Waals surface area contributed by atoms with Gasteiger partial charge in [-0.15, -0.1) is 0 Å². The maximum Gasteiger partial charge on any atom is 0.272 e. The van der Waals surface area contributed by atoms with Gasteiger partial charge in [-0.05, 0) is 74.8 Å². The van der Waals surface area contributed by atoms with E-state index in [4.69, 9.17) is 11.6 Å². The van der Waals surface area contributed by atoms with Gasteiger partial charge in [-0.1, -0.05) is 42.7 Å². The molecule has 2 aromatic rings. The number of carbonyl (C=O) groups is 4. The number of fused-ring (bicyclic) bond motifs is 2. The van der Waals surface area contributed by atoms with Gasteiger partial charge in [0.05, 0.1) is 22.0 Å². The number of aromatic hydroxyl groups is 1. The first-order chi connectivity index (χ1) is 23.0. The molecule has 48 heavy (non-hydrogen) atoms. The average Bonchev–Trinajstić information content (AvgIpc) is 3.85. The molecule has 1 aromatic carbocycles. The third-order valence-corrected chi connectivity index (χ3v) is 12.1. The van der Waals surface area contributed by atoms with Crippen molar-refractivity contribution in [2.45, 2.75) is 81.2 Å². The molecule has 256 valence electrons. The predicted molar refractivity (Wildman–Crippen MR) is 178 cm³/mol. The zero-order valence-electron chi connectivity index (χ0n) is 26.8. The standard InChI is InChI=1S/C34H40ClN5O7S/c1-38(33(44)26-10-8-9-25(36-26)22-13-16-29(41)24(35)18-22)19-21-17-28-32(43)37-31-27(40(34(31)45)48(46,47)23-14-15-23)11-6-4-2-3-5-7-12-30(42)39(28)20-21/h6,8-11,13,16,18,21,23,27-28,31,41H,2-5,7,12,14-15,17,19-20H2,1H3,(H,37,43)/b11-6-/t21-,27-,28-,31?/m0/s1. The Labute approximate surface area is 285 Å². The number of nitrogens with zero attached hydrogens (tertiary/aromatic N) is 4. The number of hydrogen-bond acceptors (Lipinski definition) is 8. The summed E-state index contributed by atoms with van der Waals surface area (Å²) < 4.78 is 27.0. The number of benzene rings is 1. The fourth-order valence-corrected chi connectivity index (χ4v) is 8.92. The van der Waals surface area contributed by atoms with E-state index in [0.717, 1.165) is 23.6 Å². The van der Waals surface area contributed by atoms with E-state index in [2.05, 4.69) is 10.3 Å². The van der Waals surface area contributed by atoms with Gasteiger partial charge in [0.25, 0.3) is 11.8 Å². The quantitative estimate of drug-likeness (QED) is 0.343.